The van der Waals surface area contributed by atoms with Crippen molar-refractivity contribution in [1.82, 2.24) is 5.32 Å². The molecule has 16 heavy (non-hydrogen) atoms. The molecule has 5 heteroatoms. The van der Waals surface area contributed by atoms with Crippen molar-refractivity contribution in [3.8, 4) is 5.75 Å². The Morgan fingerprint density at radius 1 is 1.50 bits per heavy atom. The third-order valence-corrected chi connectivity index (χ3v) is 1.88. The molecule has 1 aromatic carbocycles. The maximum Gasteiger partial charge on any atom is 0.245 e. The summed E-state index contributed by atoms with van der Waals surface area (Å²) < 4.78 is 18.0. The highest BCUT2D eigenvalue weighted by Crippen LogP contribution is 2.12. The second kappa shape index (κ2) is 6.07. The molecular formula is C11H14FNO3. The summed E-state index contributed by atoms with van der Waals surface area (Å²) in [6.07, 6.45) is -0.249. The van der Waals surface area contributed by atoms with Crippen LogP contribution in [-0.2, 0) is 4.79 Å². The number of hydrogen-bond acceptors (Lipinski definition) is 3. The number of aliphatic hydroxyl groups excluding tert-OH is 1. The van der Waals surface area contributed by atoms with Gasteiger partial charge in [0.15, 0.2) is 0 Å². The van der Waals surface area contributed by atoms with E-state index in [4.69, 9.17) is 9.84 Å². The molecule has 0 spiro atoms. The van der Waals surface area contributed by atoms with Crippen LogP contribution < -0.4 is 10.1 Å². The molecule has 1 rings (SSSR count). The van der Waals surface area contributed by atoms with Crippen molar-refractivity contribution in [1.29, 1.82) is 0 Å². The van der Waals surface area contributed by atoms with Crippen molar-refractivity contribution in [2.75, 3.05) is 13.2 Å². The summed E-state index contributed by atoms with van der Waals surface area (Å²) >= 11 is 0. The highest BCUT2D eigenvalue weighted by atomic mass is 19.1. The summed E-state index contributed by atoms with van der Waals surface area (Å²) in [7, 11) is 0. The molecule has 0 aromatic heterocycles. The van der Waals surface area contributed by atoms with Gasteiger partial charge in [-0.15, -0.1) is 0 Å². The zero-order valence-corrected chi connectivity index (χ0v) is 8.94. The molecule has 88 valence electrons. The Morgan fingerprint density at radius 3 is 2.69 bits per heavy atom. The van der Waals surface area contributed by atoms with Crippen LogP contribution >= 0.6 is 0 Å². The van der Waals surface area contributed by atoms with E-state index in [-0.39, 0.29) is 18.5 Å². The fourth-order valence-corrected chi connectivity index (χ4v) is 1.10. The monoisotopic (exact) mass is 227 g/mol. The molecule has 0 radical (unpaired) electrons. The topological polar surface area (TPSA) is 58.6 Å². The van der Waals surface area contributed by atoms with E-state index >= 15 is 0 Å². The molecular weight excluding hydrogens is 213 g/mol. The van der Waals surface area contributed by atoms with Gasteiger partial charge < -0.3 is 15.2 Å². The van der Waals surface area contributed by atoms with E-state index in [1.807, 2.05) is 0 Å². The van der Waals surface area contributed by atoms with E-state index in [0.717, 1.165) is 0 Å². The smallest absolute Gasteiger partial charge is 0.245 e. The number of carbonyl (C=O) groups is 1. The maximum atomic E-state index is 12.6. The largest absolute Gasteiger partial charge is 0.489 e. The van der Waals surface area contributed by atoms with Crippen LogP contribution in [0.25, 0.3) is 0 Å². The fraction of sp³-hybridized carbons (Fsp3) is 0.364. The first-order chi connectivity index (χ1) is 7.61. The number of aliphatic hydroxyl groups is 1. The minimum absolute atomic E-state index is 0.249. The molecule has 0 fully saturated rings. The molecule has 0 heterocycles. The van der Waals surface area contributed by atoms with E-state index in [0.29, 0.717) is 5.75 Å². The van der Waals surface area contributed by atoms with Crippen molar-refractivity contribution in [2.24, 2.45) is 0 Å². The minimum Gasteiger partial charge on any atom is -0.489 e. The summed E-state index contributed by atoms with van der Waals surface area (Å²) in [5.41, 5.74) is 0. The van der Waals surface area contributed by atoms with Gasteiger partial charge in [-0.25, -0.2) is 4.39 Å². The van der Waals surface area contributed by atoms with Crippen molar-refractivity contribution in [3.05, 3.63) is 30.1 Å². The van der Waals surface area contributed by atoms with Crippen LogP contribution in [0.1, 0.15) is 6.92 Å². The Balaban J connectivity index is 2.36. The quantitative estimate of drug-likeness (QED) is 0.778. The summed E-state index contributed by atoms with van der Waals surface area (Å²) in [6, 6.07) is 5.63. The third-order valence-electron chi connectivity index (χ3n) is 1.88. The lowest BCUT2D eigenvalue weighted by molar-refractivity contribution is -0.124. The van der Waals surface area contributed by atoms with Gasteiger partial charge in [0.25, 0.3) is 0 Å². The summed E-state index contributed by atoms with van der Waals surface area (Å²) in [4.78, 5) is 10.7. The molecule has 0 aliphatic rings. The van der Waals surface area contributed by atoms with Crippen LogP contribution in [0.4, 0.5) is 4.39 Å². The van der Waals surface area contributed by atoms with Crippen LogP contribution in [0.5, 0.6) is 5.75 Å². The standard InChI is InChI=1S/C11H14FNO3/c1-8(6-13-11(15)7-14)16-10-4-2-9(12)3-5-10/h2-5,8,14H,6-7H2,1H3,(H,13,15). The number of amides is 1. The minimum atomic E-state index is -0.538. The molecule has 1 aromatic rings. The second-order valence-electron chi connectivity index (χ2n) is 3.34. The zero-order valence-electron chi connectivity index (χ0n) is 8.94. The van der Waals surface area contributed by atoms with Crippen LogP contribution in [0.2, 0.25) is 0 Å². The number of ether oxygens (including phenoxy) is 1. The lowest BCUT2D eigenvalue weighted by atomic mass is 10.3. The van der Waals surface area contributed by atoms with E-state index in [1.54, 1.807) is 6.92 Å². The van der Waals surface area contributed by atoms with Gasteiger partial charge in [0, 0.05) is 0 Å². The maximum absolute atomic E-state index is 12.6. The normalized spacial score (nSPS) is 11.9. The Kier molecular flexibility index (Phi) is 4.72. The Bertz CT molecular complexity index is 340. The van der Waals surface area contributed by atoms with Crippen LogP contribution in [0.3, 0.4) is 0 Å². The molecule has 0 aliphatic carbocycles. The lowest BCUT2D eigenvalue weighted by Gasteiger charge is -2.14. The highest BCUT2D eigenvalue weighted by molar-refractivity contribution is 5.76. The molecule has 1 unspecified atom stereocenters. The van der Waals surface area contributed by atoms with Crippen LogP contribution in [0, 0.1) is 5.82 Å². The molecule has 2 N–H and O–H groups in total. The Hall–Kier alpha value is -1.62. The molecule has 0 saturated heterocycles. The van der Waals surface area contributed by atoms with Gasteiger partial charge in [0.1, 0.15) is 24.3 Å². The SMILES string of the molecule is CC(CNC(=O)CO)Oc1ccc(F)cc1. The number of nitrogens with one attached hydrogen (secondary N) is 1. The number of halogens is 1. The molecule has 0 bridgehead atoms. The molecule has 0 saturated carbocycles. The first-order valence-corrected chi connectivity index (χ1v) is 4.91. The van der Waals surface area contributed by atoms with E-state index in [2.05, 4.69) is 5.32 Å². The average Bonchev–Trinajstić information content (AvgIpc) is 2.29. The van der Waals surface area contributed by atoms with Crippen molar-refractivity contribution < 1.29 is 19.0 Å². The van der Waals surface area contributed by atoms with Gasteiger partial charge in [-0.3, -0.25) is 4.79 Å². The highest BCUT2D eigenvalue weighted by Gasteiger charge is 2.06. The predicted molar refractivity (Wildman–Crippen MR) is 56.6 cm³/mol. The predicted octanol–water partition coefficient (Wildman–Crippen LogP) is 0.701. The van der Waals surface area contributed by atoms with Gasteiger partial charge in [0.2, 0.25) is 5.91 Å². The third kappa shape index (κ3) is 4.27. The first-order valence-electron chi connectivity index (χ1n) is 4.91. The van der Waals surface area contributed by atoms with Crippen LogP contribution in [0.15, 0.2) is 24.3 Å². The second-order valence-corrected chi connectivity index (χ2v) is 3.34. The average molecular weight is 227 g/mol. The van der Waals surface area contributed by atoms with E-state index < -0.39 is 12.5 Å². The number of benzene rings is 1. The van der Waals surface area contributed by atoms with Crippen molar-refractivity contribution in [2.45, 2.75) is 13.0 Å². The van der Waals surface area contributed by atoms with E-state index in [9.17, 15) is 9.18 Å². The molecule has 0 aliphatic heterocycles. The Labute approximate surface area is 93.0 Å². The summed E-state index contributed by atoms with van der Waals surface area (Å²) in [5, 5.41) is 10.9. The van der Waals surface area contributed by atoms with Gasteiger partial charge >= 0.3 is 0 Å². The van der Waals surface area contributed by atoms with Crippen LogP contribution in [-0.4, -0.2) is 30.3 Å². The van der Waals surface area contributed by atoms with Gasteiger partial charge in [0.05, 0.1) is 6.54 Å². The molecule has 1 atom stereocenters. The Morgan fingerprint density at radius 2 is 2.12 bits per heavy atom. The van der Waals surface area contributed by atoms with Gasteiger partial charge in [-0.05, 0) is 31.2 Å². The zero-order chi connectivity index (χ0) is 12.0. The summed E-state index contributed by atoms with van der Waals surface area (Å²) in [6.45, 7) is 1.51. The van der Waals surface area contributed by atoms with Gasteiger partial charge in [-0.1, -0.05) is 0 Å². The van der Waals surface area contributed by atoms with Crippen molar-refractivity contribution >= 4 is 5.91 Å². The molecule has 1 amide bonds. The van der Waals surface area contributed by atoms with Gasteiger partial charge in [-0.2, -0.15) is 0 Å². The van der Waals surface area contributed by atoms with E-state index in [1.165, 1.54) is 24.3 Å². The fourth-order valence-electron chi connectivity index (χ4n) is 1.10. The molecule has 4 nitrogen and oxygen atoms in total. The number of carbonyl (C=O) groups excluding carboxylic acids is 1. The lowest BCUT2D eigenvalue weighted by Crippen LogP contribution is -2.35. The first kappa shape index (κ1) is 12.4. The number of hydrogen-bond donors (Lipinski definition) is 2. The number of rotatable bonds is 5. The summed E-state index contributed by atoms with van der Waals surface area (Å²) in [5.74, 6) is -0.240. The van der Waals surface area contributed by atoms with Crippen molar-refractivity contribution in [3.63, 3.8) is 0 Å².